The highest BCUT2D eigenvalue weighted by atomic mass is 35.5. The number of hydrogen-bond donors (Lipinski definition) is 0. The quantitative estimate of drug-likeness (QED) is 0.441. The molecule has 2 aromatic carbocycles. The number of amides is 3. The van der Waals surface area contributed by atoms with Crippen LogP contribution in [-0.2, 0) is 14.4 Å². The summed E-state index contributed by atoms with van der Waals surface area (Å²) in [5.41, 5.74) is -0.186. The van der Waals surface area contributed by atoms with E-state index in [2.05, 4.69) is 25.7 Å². The number of nitrogens with zero attached hydrogens (tertiary/aromatic N) is 4. The fraction of sp³-hybridized carbons (Fsp3) is 0.545. The van der Waals surface area contributed by atoms with Gasteiger partial charge in [0, 0.05) is 61.7 Å². The Bertz CT molecular complexity index is 1370. The zero-order valence-corrected chi connectivity index (χ0v) is 27.1. The average Bonchev–Trinajstić information content (AvgIpc) is 3.55. The van der Waals surface area contributed by atoms with E-state index in [1.807, 2.05) is 24.3 Å². The molecule has 2 aliphatic heterocycles. The summed E-state index contributed by atoms with van der Waals surface area (Å²) in [4.78, 5) is 48.5. The summed E-state index contributed by atoms with van der Waals surface area (Å²) in [7, 11) is 3.26. The van der Waals surface area contributed by atoms with Crippen LogP contribution in [-0.4, -0.2) is 83.8 Å². The van der Waals surface area contributed by atoms with Crippen LogP contribution in [0.3, 0.4) is 0 Å². The first-order valence-corrected chi connectivity index (χ1v) is 15.1. The Morgan fingerprint density at radius 1 is 0.907 bits per heavy atom. The van der Waals surface area contributed by atoms with Gasteiger partial charge in [0.15, 0.2) is 0 Å². The highest BCUT2D eigenvalue weighted by Crippen LogP contribution is 2.40. The minimum Gasteiger partial charge on any atom is -0.347 e. The van der Waals surface area contributed by atoms with E-state index in [9.17, 15) is 18.8 Å². The third kappa shape index (κ3) is 6.88. The Morgan fingerprint density at radius 3 is 2.07 bits per heavy atom. The molecule has 2 aliphatic rings. The zero-order valence-electron chi connectivity index (χ0n) is 26.3. The predicted octanol–water partition coefficient (Wildman–Crippen LogP) is 5.57. The van der Waals surface area contributed by atoms with E-state index >= 15 is 4.39 Å². The molecule has 2 saturated heterocycles. The highest BCUT2D eigenvalue weighted by molar-refractivity contribution is 6.30. The number of likely N-dealkylation sites (tertiary alicyclic amines) is 2. The maximum Gasteiger partial charge on any atom is 0.244 e. The van der Waals surface area contributed by atoms with Gasteiger partial charge in [-0.25, -0.2) is 8.78 Å². The molecule has 0 aromatic heterocycles. The summed E-state index contributed by atoms with van der Waals surface area (Å²) in [6.45, 7) is 12.7. The van der Waals surface area contributed by atoms with Gasteiger partial charge in [-0.1, -0.05) is 44.5 Å². The van der Waals surface area contributed by atoms with Gasteiger partial charge in [0.2, 0.25) is 17.7 Å². The lowest BCUT2D eigenvalue weighted by molar-refractivity contribution is -0.144. The van der Waals surface area contributed by atoms with Crippen molar-refractivity contribution in [3.8, 4) is 0 Å². The van der Waals surface area contributed by atoms with Gasteiger partial charge in [-0.15, -0.1) is 0 Å². The van der Waals surface area contributed by atoms with Gasteiger partial charge in [-0.2, -0.15) is 0 Å². The van der Waals surface area contributed by atoms with Crippen LogP contribution in [0.15, 0.2) is 42.5 Å². The number of rotatable bonds is 5. The summed E-state index contributed by atoms with van der Waals surface area (Å²) in [6.07, 6.45) is 0.128. The molecular weight excluding hydrogens is 574 g/mol. The van der Waals surface area contributed by atoms with Crippen molar-refractivity contribution < 1.29 is 23.2 Å². The highest BCUT2D eigenvalue weighted by Gasteiger charge is 2.50. The predicted molar refractivity (Wildman–Crippen MR) is 165 cm³/mol. The Labute approximate surface area is 258 Å². The molecule has 0 unspecified atom stereocenters. The molecule has 10 heteroatoms. The van der Waals surface area contributed by atoms with E-state index in [0.717, 1.165) is 17.7 Å². The van der Waals surface area contributed by atoms with Crippen LogP contribution in [0.1, 0.15) is 59.4 Å². The van der Waals surface area contributed by atoms with Crippen molar-refractivity contribution in [1.29, 1.82) is 0 Å². The molecule has 43 heavy (non-hydrogen) atoms. The molecule has 2 fully saturated rings. The van der Waals surface area contributed by atoms with Crippen molar-refractivity contribution >= 4 is 35.0 Å². The Balaban J connectivity index is 1.76. The third-order valence-electron chi connectivity index (χ3n) is 8.57. The lowest BCUT2D eigenvalue weighted by Gasteiger charge is -2.34. The number of benzene rings is 2. The maximum absolute atomic E-state index is 15.2. The number of carbonyl (C=O) groups excluding carboxylic acids is 3. The van der Waals surface area contributed by atoms with Crippen molar-refractivity contribution in [2.24, 2.45) is 11.3 Å². The molecule has 234 valence electrons. The van der Waals surface area contributed by atoms with Crippen LogP contribution < -0.4 is 4.90 Å². The summed E-state index contributed by atoms with van der Waals surface area (Å²) < 4.78 is 29.1. The average molecular weight is 617 g/mol. The first kappa shape index (κ1) is 32.9. The topological polar surface area (TPSA) is 64.2 Å². The molecule has 2 heterocycles. The number of likely N-dealkylation sites (N-methyl/N-ethyl adjacent to an activating group) is 1. The number of halogens is 3. The maximum atomic E-state index is 15.2. The fourth-order valence-electron chi connectivity index (χ4n) is 6.15. The van der Waals surface area contributed by atoms with Crippen molar-refractivity contribution in [1.82, 2.24) is 14.7 Å². The van der Waals surface area contributed by atoms with E-state index in [1.165, 1.54) is 15.9 Å². The molecule has 4 atom stereocenters. The van der Waals surface area contributed by atoms with Crippen LogP contribution in [0.2, 0.25) is 5.02 Å². The standard InChI is InChI=1S/C33H43ClF2N4O3/c1-32(2,3)31(43)40(27-14-13-22(35)15-26(27)36)23-16-28(30(42)37(7)8)39(17-23)29(41)25-19-38(33(4,5)6)18-24(25)20-9-11-21(34)12-10-20/h9-15,23-25,28H,16-19H2,1-8H3/t23-,24-,25+,28-/m0/s1. The van der Waals surface area contributed by atoms with Crippen molar-refractivity contribution in [3.05, 3.63) is 64.7 Å². The van der Waals surface area contributed by atoms with E-state index < -0.39 is 35.1 Å². The summed E-state index contributed by atoms with van der Waals surface area (Å²) >= 11 is 6.17. The van der Waals surface area contributed by atoms with Gasteiger partial charge < -0.3 is 14.7 Å². The summed E-state index contributed by atoms with van der Waals surface area (Å²) in [5.74, 6) is -3.06. The molecule has 0 saturated carbocycles. The third-order valence-corrected chi connectivity index (χ3v) is 8.82. The van der Waals surface area contributed by atoms with Crippen LogP contribution in [0.25, 0.3) is 0 Å². The van der Waals surface area contributed by atoms with E-state index in [1.54, 1.807) is 39.8 Å². The largest absolute Gasteiger partial charge is 0.347 e. The van der Waals surface area contributed by atoms with Gasteiger partial charge in [0.05, 0.1) is 17.6 Å². The van der Waals surface area contributed by atoms with E-state index in [4.69, 9.17) is 11.6 Å². The Kier molecular flexibility index (Phi) is 9.29. The fourth-order valence-corrected chi connectivity index (χ4v) is 6.27. The number of carbonyl (C=O) groups is 3. The van der Waals surface area contributed by atoms with Crippen LogP contribution in [0.4, 0.5) is 14.5 Å². The lowest BCUT2D eigenvalue weighted by atomic mass is 9.88. The molecule has 0 aliphatic carbocycles. The van der Waals surface area contributed by atoms with Crippen molar-refractivity contribution in [3.63, 3.8) is 0 Å². The molecule has 2 aromatic rings. The second-order valence-corrected chi connectivity index (χ2v) is 14.4. The van der Waals surface area contributed by atoms with Crippen LogP contribution in [0.5, 0.6) is 0 Å². The van der Waals surface area contributed by atoms with E-state index in [-0.39, 0.29) is 47.8 Å². The molecule has 0 radical (unpaired) electrons. The molecule has 0 spiro atoms. The second-order valence-electron chi connectivity index (χ2n) is 14.0. The summed E-state index contributed by atoms with van der Waals surface area (Å²) in [5, 5.41) is 0.605. The SMILES string of the molecule is CN(C)C(=O)[C@@H]1C[C@H](N(C(=O)C(C)(C)C)c2ccc(F)cc2F)CN1C(=O)[C@@H]1CN(C(C)(C)C)C[C@H]1c1ccc(Cl)cc1. The number of anilines is 1. The normalized spacial score (nSPS) is 23.0. The number of hydrogen-bond acceptors (Lipinski definition) is 4. The second kappa shape index (κ2) is 12.2. The van der Waals surface area contributed by atoms with Gasteiger partial charge in [0.25, 0.3) is 0 Å². The minimum atomic E-state index is -0.905. The van der Waals surface area contributed by atoms with Crippen LogP contribution >= 0.6 is 11.6 Å². The smallest absolute Gasteiger partial charge is 0.244 e. The van der Waals surface area contributed by atoms with Crippen LogP contribution in [0, 0.1) is 23.0 Å². The van der Waals surface area contributed by atoms with Crippen molar-refractivity contribution in [2.75, 3.05) is 38.6 Å². The lowest BCUT2D eigenvalue weighted by Crippen LogP contribution is -2.50. The van der Waals surface area contributed by atoms with Gasteiger partial charge >= 0.3 is 0 Å². The van der Waals surface area contributed by atoms with Gasteiger partial charge in [-0.3, -0.25) is 19.3 Å². The Morgan fingerprint density at radius 2 is 1.53 bits per heavy atom. The van der Waals surface area contributed by atoms with Gasteiger partial charge in [-0.05, 0) is 57.0 Å². The molecule has 4 rings (SSSR count). The molecule has 7 nitrogen and oxygen atoms in total. The first-order valence-electron chi connectivity index (χ1n) is 14.7. The monoisotopic (exact) mass is 616 g/mol. The van der Waals surface area contributed by atoms with E-state index in [0.29, 0.717) is 18.1 Å². The zero-order chi connectivity index (χ0) is 32.0. The van der Waals surface area contributed by atoms with Crippen molar-refractivity contribution in [2.45, 2.75) is 71.5 Å². The Hall–Kier alpha value is -3.04. The minimum absolute atomic E-state index is 0.0427. The molecule has 0 N–H and O–H groups in total. The molecular formula is C33H43ClF2N4O3. The summed E-state index contributed by atoms with van der Waals surface area (Å²) in [6, 6.07) is 9.07. The first-order chi connectivity index (χ1) is 19.9. The van der Waals surface area contributed by atoms with Gasteiger partial charge in [0.1, 0.15) is 17.7 Å². The molecule has 0 bridgehead atoms. The molecule has 3 amide bonds.